The van der Waals surface area contributed by atoms with Crippen LogP contribution in [0.15, 0.2) is 0 Å². The lowest BCUT2D eigenvalue weighted by atomic mass is 10.1. The van der Waals surface area contributed by atoms with Gasteiger partial charge >= 0.3 is 18.0 Å². The van der Waals surface area contributed by atoms with Crippen LogP contribution in [0, 0.1) is 11.5 Å². The van der Waals surface area contributed by atoms with E-state index in [2.05, 4.69) is 4.74 Å². The number of hydrogen-bond donors (Lipinski definition) is 0. The van der Waals surface area contributed by atoms with Gasteiger partial charge in [0.25, 0.3) is 6.26 Å². The smallest absolute Gasteiger partial charge is 0.401 e. The Morgan fingerprint density at radius 3 is 1.38 bits per heavy atom. The van der Waals surface area contributed by atoms with Crippen molar-refractivity contribution in [1.29, 1.82) is 5.26 Å². The topological polar surface area (TPSA) is 33.0 Å². The molecule has 0 saturated heterocycles. The van der Waals surface area contributed by atoms with Crippen LogP contribution in [0.5, 0.6) is 0 Å². The zero-order valence-corrected chi connectivity index (χ0v) is 6.12. The predicted octanol–water partition coefficient (Wildman–Crippen LogP) is 2.37. The molecule has 0 aromatic heterocycles. The van der Waals surface area contributed by atoms with Crippen molar-refractivity contribution < 1.29 is 31.1 Å². The fourth-order valence-corrected chi connectivity index (χ4v) is 0.368. The van der Waals surface area contributed by atoms with Crippen LogP contribution in [0.4, 0.5) is 26.3 Å². The highest BCUT2D eigenvalue weighted by atomic mass is 19.4. The summed E-state index contributed by atoms with van der Waals surface area (Å²) < 4.78 is 73.8. The molecule has 0 spiro atoms. The van der Waals surface area contributed by atoms with Gasteiger partial charge in [-0.15, -0.1) is 0 Å². The Morgan fingerprint density at radius 2 is 1.31 bits per heavy atom. The van der Waals surface area contributed by atoms with Gasteiger partial charge in [0, 0.05) is 0 Å². The molecule has 0 fully saturated rings. The van der Waals surface area contributed by atoms with Gasteiger partial charge in [-0.3, -0.25) is 0 Å². The molecule has 8 heteroatoms. The minimum Gasteiger partial charge on any atom is -0.401 e. The van der Waals surface area contributed by atoms with E-state index in [1.54, 1.807) is 0 Å². The van der Waals surface area contributed by atoms with E-state index in [0.29, 0.717) is 6.26 Å². The van der Waals surface area contributed by atoms with Crippen molar-refractivity contribution in [2.75, 3.05) is 0 Å². The van der Waals surface area contributed by atoms with Crippen LogP contribution in [0.3, 0.4) is 0 Å². The van der Waals surface area contributed by atoms with Crippen molar-refractivity contribution in [3.8, 4) is 6.26 Å². The average molecular weight is 207 g/mol. The van der Waals surface area contributed by atoms with Crippen molar-refractivity contribution >= 4 is 0 Å². The van der Waals surface area contributed by atoms with Gasteiger partial charge in [0.05, 0.1) is 0 Å². The molecule has 0 saturated carbocycles. The second kappa shape index (κ2) is 2.97. The molecule has 0 aromatic rings. The fraction of sp³-hybridized carbons (Fsp3) is 0.800. The van der Waals surface area contributed by atoms with E-state index in [1.165, 1.54) is 0 Å². The Balaban J connectivity index is 5.11. The molecule has 13 heavy (non-hydrogen) atoms. The van der Waals surface area contributed by atoms with Crippen LogP contribution in [0.1, 0.15) is 6.92 Å². The maximum Gasteiger partial charge on any atom is 0.438 e. The van der Waals surface area contributed by atoms with Gasteiger partial charge in [-0.1, -0.05) is 0 Å². The third-order valence-corrected chi connectivity index (χ3v) is 1.33. The monoisotopic (exact) mass is 207 g/mol. The fourth-order valence-electron chi connectivity index (χ4n) is 0.368. The van der Waals surface area contributed by atoms with Crippen molar-refractivity contribution in [2.45, 2.75) is 24.9 Å². The summed E-state index contributed by atoms with van der Waals surface area (Å²) in [5, 5.41) is 7.66. The first-order valence-electron chi connectivity index (χ1n) is 2.77. The van der Waals surface area contributed by atoms with E-state index < -0.39 is 18.0 Å². The Hall–Kier alpha value is -1.13. The zero-order valence-electron chi connectivity index (χ0n) is 6.12. The number of ether oxygens (including phenoxy) is 1. The van der Waals surface area contributed by atoms with Crippen LogP contribution in [0.2, 0.25) is 0 Å². The van der Waals surface area contributed by atoms with E-state index in [4.69, 9.17) is 5.26 Å². The molecule has 0 aliphatic carbocycles. The third kappa shape index (κ3) is 1.96. The molecule has 2 nitrogen and oxygen atoms in total. The Morgan fingerprint density at radius 1 is 1.00 bits per heavy atom. The van der Waals surface area contributed by atoms with Gasteiger partial charge in [-0.2, -0.15) is 31.6 Å². The molecular weight excluding hydrogens is 204 g/mol. The molecule has 76 valence electrons. The molecule has 0 unspecified atom stereocenters. The third-order valence-electron chi connectivity index (χ3n) is 1.33. The number of nitriles is 1. The number of rotatable bonds is 1. The summed E-state index contributed by atoms with van der Waals surface area (Å²) in [4.78, 5) is 0. The first-order chi connectivity index (χ1) is 5.56. The van der Waals surface area contributed by atoms with E-state index in [0.717, 1.165) is 0 Å². The average Bonchev–Trinajstić information content (AvgIpc) is 1.82. The molecule has 0 N–H and O–H groups in total. The van der Waals surface area contributed by atoms with Crippen LogP contribution in [-0.4, -0.2) is 18.0 Å². The van der Waals surface area contributed by atoms with Gasteiger partial charge in [-0.05, 0) is 6.92 Å². The number of nitrogens with zero attached hydrogens (tertiary/aromatic N) is 1. The molecule has 0 rings (SSSR count). The summed E-state index contributed by atoms with van der Waals surface area (Å²) in [6.45, 7) is -0.254. The van der Waals surface area contributed by atoms with E-state index in [-0.39, 0.29) is 6.92 Å². The molecule has 0 aromatic carbocycles. The standard InChI is InChI=1S/C5H3F6NO/c1-3(13-2-12,4(6,7)8)5(9,10)11/h1H3. The molecule has 0 aliphatic heterocycles. The van der Waals surface area contributed by atoms with E-state index in [1.807, 2.05) is 0 Å². The summed E-state index contributed by atoms with van der Waals surface area (Å²) in [7, 11) is 0. The largest absolute Gasteiger partial charge is 0.438 e. The summed E-state index contributed by atoms with van der Waals surface area (Å²) >= 11 is 0. The van der Waals surface area contributed by atoms with Gasteiger partial charge in [0.2, 0.25) is 0 Å². The Bertz CT molecular complexity index is 209. The van der Waals surface area contributed by atoms with Crippen LogP contribution >= 0.6 is 0 Å². The summed E-state index contributed by atoms with van der Waals surface area (Å²) in [6, 6.07) is 0. The minimum atomic E-state index is -5.68. The predicted molar refractivity (Wildman–Crippen MR) is 27.2 cm³/mol. The lowest BCUT2D eigenvalue weighted by Crippen LogP contribution is -2.55. The lowest BCUT2D eigenvalue weighted by Gasteiger charge is -2.30. The highest BCUT2D eigenvalue weighted by molar-refractivity contribution is 4.93. The van der Waals surface area contributed by atoms with Crippen LogP contribution < -0.4 is 0 Å². The molecule has 0 bridgehead atoms. The number of alkyl halides is 6. The van der Waals surface area contributed by atoms with Crippen molar-refractivity contribution in [3.63, 3.8) is 0 Å². The molecule has 0 radical (unpaired) electrons. The first kappa shape index (κ1) is 11.9. The number of halogens is 6. The molecule has 0 atom stereocenters. The quantitative estimate of drug-likeness (QED) is 0.488. The Labute approximate surface area is 68.7 Å². The van der Waals surface area contributed by atoms with E-state index >= 15 is 0 Å². The maximum atomic E-state index is 11.8. The second-order valence-electron chi connectivity index (χ2n) is 2.22. The van der Waals surface area contributed by atoms with Gasteiger partial charge in [0.1, 0.15) is 0 Å². The van der Waals surface area contributed by atoms with Gasteiger partial charge in [-0.25, -0.2) is 0 Å². The van der Waals surface area contributed by atoms with Crippen molar-refractivity contribution in [2.24, 2.45) is 0 Å². The van der Waals surface area contributed by atoms with Crippen LogP contribution in [0.25, 0.3) is 0 Å². The van der Waals surface area contributed by atoms with Crippen LogP contribution in [-0.2, 0) is 4.74 Å². The summed E-state index contributed by atoms with van der Waals surface area (Å²) in [5.74, 6) is 0. The van der Waals surface area contributed by atoms with Gasteiger partial charge < -0.3 is 4.74 Å². The number of hydrogen-bond acceptors (Lipinski definition) is 2. The lowest BCUT2D eigenvalue weighted by molar-refractivity contribution is -0.358. The SMILES string of the molecule is CC(OC#N)(C(F)(F)F)C(F)(F)F. The summed E-state index contributed by atoms with van der Waals surface area (Å²) in [6.07, 6.45) is -11.0. The molecular formula is C5H3F6NO. The van der Waals surface area contributed by atoms with Gasteiger partial charge in [0.15, 0.2) is 0 Å². The maximum absolute atomic E-state index is 11.8. The van der Waals surface area contributed by atoms with E-state index in [9.17, 15) is 26.3 Å². The highest BCUT2D eigenvalue weighted by Gasteiger charge is 2.70. The minimum absolute atomic E-state index is 0.254. The zero-order chi connectivity index (χ0) is 10.9. The molecule has 0 amide bonds. The highest BCUT2D eigenvalue weighted by Crippen LogP contribution is 2.45. The second-order valence-corrected chi connectivity index (χ2v) is 2.22. The Kier molecular flexibility index (Phi) is 2.72. The summed E-state index contributed by atoms with van der Waals surface area (Å²) in [5.41, 5.74) is -4.44. The van der Waals surface area contributed by atoms with Crippen molar-refractivity contribution in [3.05, 3.63) is 0 Å². The normalized spacial score (nSPS) is 13.7. The first-order valence-corrected chi connectivity index (χ1v) is 2.77. The van der Waals surface area contributed by atoms with Crippen molar-refractivity contribution in [1.82, 2.24) is 0 Å². The molecule has 0 heterocycles. The molecule has 0 aliphatic rings.